The number of carbonyl (C=O) groups is 1. The molecule has 0 saturated carbocycles. The second-order valence-electron chi connectivity index (χ2n) is 2.32. The molecule has 0 atom stereocenters. The molecule has 0 aromatic heterocycles. The van der Waals surface area contributed by atoms with Crippen LogP contribution >= 0.6 is 11.8 Å². The van der Waals surface area contributed by atoms with Crippen molar-refractivity contribution in [3.05, 3.63) is 12.2 Å². The Labute approximate surface area is 60.5 Å². The summed E-state index contributed by atoms with van der Waals surface area (Å²) >= 11 is 1.29. The number of rotatable bonds is 3. The van der Waals surface area contributed by atoms with E-state index in [0.29, 0.717) is 0 Å². The fourth-order valence-corrected chi connectivity index (χ4v) is 1.03. The average molecular weight is 144 g/mol. The first-order valence-electron chi connectivity index (χ1n) is 2.87. The molecule has 0 aromatic carbocycles. The fourth-order valence-electron chi connectivity index (χ4n) is 0.565. The van der Waals surface area contributed by atoms with Crippen LogP contribution in [0.2, 0.25) is 0 Å². The van der Waals surface area contributed by atoms with Crippen molar-refractivity contribution in [1.29, 1.82) is 0 Å². The number of thioether (sulfide) groups is 1. The van der Waals surface area contributed by atoms with Gasteiger partial charge in [0.15, 0.2) is 5.62 Å². The number of hydrogen-bond donors (Lipinski definition) is 0. The summed E-state index contributed by atoms with van der Waals surface area (Å²) in [4.78, 5) is 10.0. The van der Waals surface area contributed by atoms with Gasteiger partial charge in [0.25, 0.3) is 0 Å². The minimum Gasteiger partial charge on any atom is -0.291 e. The van der Waals surface area contributed by atoms with Crippen molar-refractivity contribution in [2.45, 2.75) is 25.5 Å². The Bertz CT molecular complexity index is 116. The Balaban J connectivity index is 3.84. The van der Waals surface area contributed by atoms with Crippen LogP contribution in [0.3, 0.4) is 0 Å². The molecule has 0 heterocycles. The van der Waals surface area contributed by atoms with E-state index in [9.17, 15) is 4.79 Å². The highest BCUT2D eigenvalue weighted by Gasteiger charge is 2.11. The van der Waals surface area contributed by atoms with E-state index in [4.69, 9.17) is 0 Å². The third-order valence-corrected chi connectivity index (χ3v) is 1.76. The number of carbonyl (C=O) groups excluding carboxylic acids is 1. The van der Waals surface area contributed by atoms with Crippen LogP contribution in [0.1, 0.15) is 20.8 Å². The molecule has 2 heteroatoms. The lowest BCUT2D eigenvalue weighted by molar-refractivity contribution is 0.569. The molecule has 0 aromatic rings. The van der Waals surface area contributed by atoms with Crippen molar-refractivity contribution >= 4 is 17.4 Å². The third kappa shape index (κ3) is 4.28. The van der Waals surface area contributed by atoms with Crippen molar-refractivity contribution in [1.82, 2.24) is 0 Å². The molecule has 0 amide bonds. The van der Waals surface area contributed by atoms with Gasteiger partial charge in [0.2, 0.25) is 0 Å². The van der Waals surface area contributed by atoms with E-state index in [-0.39, 0.29) is 4.75 Å². The van der Waals surface area contributed by atoms with Crippen molar-refractivity contribution in [2.75, 3.05) is 0 Å². The van der Waals surface area contributed by atoms with Crippen LogP contribution in [0, 0.1) is 0 Å². The minimum atomic E-state index is -0.0312. The van der Waals surface area contributed by atoms with Crippen molar-refractivity contribution in [2.24, 2.45) is 0 Å². The van der Waals surface area contributed by atoms with Gasteiger partial charge in [0.05, 0.1) is 0 Å². The predicted molar refractivity (Wildman–Crippen MR) is 43.2 cm³/mol. The van der Waals surface area contributed by atoms with E-state index in [0.717, 1.165) is 5.62 Å². The van der Waals surface area contributed by atoms with Crippen LogP contribution in [0.4, 0.5) is 0 Å². The molecule has 0 aliphatic heterocycles. The molecular formula is C7H12OS. The average Bonchev–Trinajstić information content (AvgIpc) is 1.64. The fraction of sp³-hybridized carbons (Fsp3) is 0.571. The van der Waals surface area contributed by atoms with Gasteiger partial charge < -0.3 is 0 Å². The minimum absolute atomic E-state index is 0.0312. The SMILES string of the molecule is C/C=C/C(C)(C)SC=O. The van der Waals surface area contributed by atoms with Gasteiger partial charge >= 0.3 is 0 Å². The molecule has 0 rings (SSSR count). The first-order valence-corrected chi connectivity index (χ1v) is 3.75. The summed E-state index contributed by atoms with van der Waals surface area (Å²) in [6, 6.07) is 0. The molecular weight excluding hydrogens is 132 g/mol. The lowest BCUT2D eigenvalue weighted by Crippen LogP contribution is -2.09. The Morgan fingerprint density at radius 2 is 2.00 bits per heavy atom. The number of allylic oxidation sites excluding steroid dienone is 1. The maximum absolute atomic E-state index is 10.0. The van der Waals surface area contributed by atoms with Crippen LogP contribution in [-0.2, 0) is 4.79 Å². The van der Waals surface area contributed by atoms with Gasteiger partial charge in [-0.3, -0.25) is 4.79 Å². The lowest BCUT2D eigenvalue weighted by Gasteiger charge is -2.13. The third-order valence-electron chi connectivity index (χ3n) is 0.920. The molecule has 0 aliphatic carbocycles. The van der Waals surface area contributed by atoms with Crippen molar-refractivity contribution in [3.63, 3.8) is 0 Å². The molecule has 0 unspecified atom stereocenters. The Hall–Kier alpha value is -0.240. The Morgan fingerprint density at radius 3 is 2.33 bits per heavy atom. The van der Waals surface area contributed by atoms with Gasteiger partial charge in [-0.15, -0.1) is 0 Å². The second-order valence-corrected chi connectivity index (χ2v) is 3.80. The summed E-state index contributed by atoms with van der Waals surface area (Å²) in [6.07, 6.45) is 3.96. The van der Waals surface area contributed by atoms with E-state index >= 15 is 0 Å². The molecule has 0 radical (unpaired) electrons. The normalized spacial score (nSPS) is 12.3. The van der Waals surface area contributed by atoms with Gasteiger partial charge in [0, 0.05) is 4.75 Å². The van der Waals surface area contributed by atoms with Gasteiger partial charge in [0.1, 0.15) is 0 Å². The molecule has 1 nitrogen and oxygen atoms in total. The predicted octanol–water partition coefficient (Wildman–Crippen LogP) is 2.26. The molecule has 0 saturated heterocycles. The first-order chi connectivity index (χ1) is 4.12. The van der Waals surface area contributed by atoms with Crippen LogP contribution in [-0.4, -0.2) is 10.4 Å². The molecule has 52 valence electrons. The van der Waals surface area contributed by atoms with E-state index in [2.05, 4.69) is 0 Å². The van der Waals surface area contributed by atoms with E-state index in [1.165, 1.54) is 11.8 Å². The lowest BCUT2D eigenvalue weighted by atomic mass is 10.2. The van der Waals surface area contributed by atoms with Gasteiger partial charge in [-0.1, -0.05) is 23.9 Å². The molecule has 9 heavy (non-hydrogen) atoms. The Kier molecular flexibility index (Phi) is 3.62. The highest BCUT2D eigenvalue weighted by Crippen LogP contribution is 2.22. The molecule has 0 fully saturated rings. The monoisotopic (exact) mass is 144 g/mol. The largest absolute Gasteiger partial charge is 0.291 e. The summed E-state index contributed by atoms with van der Waals surface area (Å²) in [7, 11) is 0. The van der Waals surface area contributed by atoms with Crippen molar-refractivity contribution in [3.8, 4) is 0 Å². The summed E-state index contributed by atoms with van der Waals surface area (Å²) in [5, 5.41) is 0. The topological polar surface area (TPSA) is 17.1 Å². The molecule has 0 bridgehead atoms. The zero-order valence-electron chi connectivity index (χ0n) is 6.05. The summed E-state index contributed by atoms with van der Waals surface area (Å²) < 4.78 is -0.0312. The smallest absolute Gasteiger partial charge is 0.177 e. The first kappa shape index (κ1) is 8.76. The second kappa shape index (κ2) is 3.72. The quantitative estimate of drug-likeness (QED) is 0.446. The van der Waals surface area contributed by atoms with E-state index in [1.807, 2.05) is 32.9 Å². The standard InChI is InChI=1S/C7H12OS/c1-4-5-7(2,3)9-6-8/h4-6H,1-3H3/b5-4+. The van der Waals surface area contributed by atoms with Gasteiger partial charge in [-0.2, -0.15) is 0 Å². The van der Waals surface area contributed by atoms with Gasteiger partial charge in [-0.25, -0.2) is 0 Å². The van der Waals surface area contributed by atoms with Crippen LogP contribution in [0.25, 0.3) is 0 Å². The molecule has 0 N–H and O–H groups in total. The molecule has 0 spiro atoms. The van der Waals surface area contributed by atoms with Crippen LogP contribution < -0.4 is 0 Å². The maximum atomic E-state index is 10.0. The summed E-state index contributed by atoms with van der Waals surface area (Å²) in [6.45, 7) is 5.96. The summed E-state index contributed by atoms with van der Waals surface area (Å²) in [5.41, 5.74) is 0.875. The zero-order valence-corrected chi connectivity index (χ0v) is 6.87. The van der Waals surface area contributed by atoms with Crippen LogP contribution in [0.5, 0.6) is 0 Å². The Morgan fingerprint density at radius 1 is 1.44 bits per heavy atom. The highest BCUT2D eigenvalue weighted by molar-refractivity contribution is 8.13. The van der Waals surface area contributed by atoms with Crippen molar-refractivity contribution < 1.29 is 4.79 Å². The summed E-state index contributed by atoms with van der Waals surface area (Å²) in [5.74, 6) is 0. The van der Waals surface area contributed by atoms with Crippen LogP contribution in [0.15, 0.2) is 12.2 Å². The van der Waals surface area contributed by atoms with E-state index in [1.54, 1.807) is 0 Å². The zero-order chi connectivity index (χ0) is 7.33. The van der Waals surface area contributed by atoms with E-state index < -0.39 is 0 Å². The number of hydrogen-bond acceptors (Lipinski definition) is 2. The maximum Gasteiger partial charge on any atom is 0.177 e. The van der Waals surface area contributed by atoms with Gasteiger partial charge in [-0.05, 0) is 20.8 Å². The highest BCUT2D eigenvalue weighted by atomic mass is 32.2. The molecule has 0 aliphatic rings.